The second-order valence-corrected chi connectivity index (χ2v) is 6.10. The van der Waals surface area contributed by atoms with Crippen molar-refractivity contribution in [1.29, 1.82) is 0 Å². The molecule has 0 aliphatic rings. The first kappa shape index (κ1) is 14.6. The van der Waals surface area contributed by atoms with Gasteiger partial charge in [-0.1, -0.05) is 62.4 Å². The molecule has 0 aliphatic heterocycles. The van der Waals surface area contributed by atoms with Crippen LogP contribution >= 0.6 is 0 Å². The summed E-state index contributed by atoms with van der Waals surface area (Å²) in [6.07, 6.45) is 1.04. The van der Waals surface area contributed by atoms with Crippen LogP contribution in [0.25, 0.3) is 21.9 Å². The number of hydrogen-bond donors (Lipinski definition) is 0. The molecule has 3 rings (SSSR count). The molecule has 0 atom stereocenters. The molecule has 0 saturated heterocycles. The standard InChI is InChI=1S/C21H21O/c1-15(2)11-16-12-18(14-19(13-16)22-3)21-10-6-8-17-7-4-5-9-20(17)21/h4-10,12-13,15H,11H2,1-3H3. The third kappa shape index (κ3) is 2.99. The molecule has 111 valence electrons. The molecule has 3 aromatic rings. The molecule has 0 unspecified atom stereocenters. The minimum absolute atomic E-state index is 0.618. The molecule has 1 heteroatoms. The van der Waals surface area contributed by atoms with E-state index in [-0.39, 0.29) is 0 Å². The largest absolute Gasteiger partial charge is 0.496 e. The van der Waals surface area contributed by atoms with E-state index in [1.165, 1.54) is 21.9 Å². The van der Waals surface area contributed by atoms with Gasteiger partial charge in [0.1, 0.15) is 5.75 Å². The number of hydrogen-bond acceptors (Lipinski definition) is 1. The average Bonchev–Trinajstić information content (AvgIpc) is 2.53. The number of benzene rings is 3. The Morgan fingerprint density at radius 1 is 1.00 bits per heavy atom. The van der Waals surface area contributed by atoms with E-state index in [1.54, 1.807) is 7.11 Å². The number of fused-ring (bicyclic) bond motifs is 1. The summed E-state index contributed by atoms with van der Waals surface area (Å²) in [5.74, 6) is 1.42. The molecular weight excluding hydrogens is 268 g/mol. The molecule has 0 fully saturated rings. The molecule has 3 aromatic carbocycles. The van der Waals surface area contributed by atoms with Crippen molar-refractivity contribution in [2.24, 2.45) is 5.92 Å². The lowest BCUT2D eigenvalue weighted by atomic mass is 9.94. The molecule has 0 N–H and O–H groups in total. The van der Waals surface area contributed by atoms with Gasteiger partial charge in [0, 0.05) is 6.07 Å². The molecule has 0 aromatic heterocycles. The number of methoxy groups -OCH3 is 1. The summed E-state index contributed by atoms with van der Waals surface area (Å²) in [4.78, 5) is 0. The Morgan fingerprint density at radius 3 is 2.55 bits per heavy atom. The average molecular weight is 289 g/mol. The van der Waals surface area contributed by atoms with E-state index in [9.17, 15) is 0 Å². The van der Waals surface area contributed by atoms with Crippen molar-refractivity contribution in [3.63, 3.8) is 0 Å². The summed E-state index contributed by atoms with van der Waals surface area (Å²) in [6, 6.07) is 22.6. The zero-order valence-corrected chi connectivity index (χ0v) is 13.4. The van der Waals surface area contributed by atoms with Crippen molar-refractivity contribution in [2.75, 3.05) is 7.11 Å². The first-order valence-electron chi connectivity index (χ1n) is 7.75. The minimum Gasteiger partial charge on any atom is -0.496 e. The van der Waals surface area contributed by atoms with Gasteiger partial charge < -0.3 is 4.74 Å². The van der Waals surface area contributed by atoms with Crippen LogP contribution in [0.5, 0.6) is 5.75 Å². The predicted octanol–water partition coefficient (Wildman–Crippen LogP) is 5.51. The van der Waals surface area contributed by atoms with Gasteiger partial charge in [0.2, 0.25) is 0 Å². The summed E-state index contributed by atoms with van der Waals surface area (Å²) in [5.41, 5.74) is 3.61. The lowest BCUT2D eigenvalue weighted by Crippen LogP contribution is -1.96. The third-order valence-corrected chi connectivity index (χ3v) is 3.85. The van der Waals surface area contributed by atoms with Gasteiger partial charge in [0.15, 0.2) is 0 Å². The zero-order chi connectivity index (χ0) is 15.5. The summed E-state index contributed by atoms with van der Waals surface area (Å²) in [6.45, 7) is 4.47. The van der Waals surface area contributed by atoms with Gasteiger partial charge in [-0.2, -0.15) is 0 Å². The topological polar surface area (TPSA) is 9.23 Å². The zero-order valence-electron chi connectivity index (χ0n) is 13.4. The summed E-state index contributed by atoms with van der Waals surface area (Å²) >= 11 is 0. The molecule has 0 aliphatic carbocycles. The Bertz CT molecular complexity index is 782. The van der Waals surface area contributed by atoms with Crippen LogP contribution in [-0.2, 0) is 6.42 Å². The van der Waals surface area contributed by atoms with Crippen molar-refractivity contribution in [2.45, 2.75) is 20.3 Å². The van der Waals surface area contributed by atoms with Crippen molar-refractivity contribution in [3.8, 4) is 16.9 Å². The molecule has 0 heterocycles. The summed E-state index contributed by atoms with van der Waals surface area (Å²) in [7, 11) is 1.71. The van der Waals surface area contributed by atoms with Crippen LogP contribution in [0.15, 0.2) is 54.6 Å². The maximum absolute atomic E-state index is 5.46. The van der Waals surface area contributed by atoms with Crippen molar-refractivity contribution in [3.05, 3.63) is 66.2 Å². The molecular formula is C21H21O. The first-order valence-corrected chi connectivity index (χ1v) is 7.75. The van der Waals surface area contributed by atoms with E-state index < -0.39 is 0 Å². The second-order valence-electron chi connectivity index (χ2n) is 6.10. The summed E-state index contributed by atoms with van der Waals surface area (Å²) < 4.78 is 5.46. The Kier molecular flexibility index (Phi) is 4.15. The van der Waals surface area contributed by atoms with E-state index >= 15 is 0 Å². The predicted molar refractivity (Wildman–Crippen MR) is 93.3 cm³/mol. The monoisotopic (exact) mass is 289 g/mol. The van der Waals surface area contributed by atoms with Gasteiger partial charge in [-0.25, -0.2) is 0 Å². The lowest BCUT2D eigenvalue weighted by molar-refractivity contribution is 0.413. The van der Waals surface area contributed by atoms with Crippen LogP contribution in [0.1, 0.15) is 19.4 Å². The van der Waals surface area contributed by atoms with E-state index in [0.717, 1.165) is 17.7 Å². The highest BCUT2D eigenvalue weighted by Crippen LogP contribution is 2.31. The normalized spacial score (nSPS) is 11.1. The van der Waals surface area contributed by atoms with Crippen LogP contribution in [0.2, 0.25) is 0 Å². The molecule has 22 heavy (non-hydrogen) atoms. The molecule has 0 saturated carbocycles. The maximum Gasteiger partial charge on any atom is 0.127 e. The van der Waals surface area contributed by atoms with Crippen LogP contribution in [-0.4, -0.2) is 7.11 Å². The molecule has 0 amide bonds. The molecule has 1 nitrogen and oxygen atoms in total. The van der Waals surface area contributed by atoms with Crippen LogP contribution in [0.4, 0.5) is 0 Å². The van der Waals surface area contributed by atoms with Gasteiger partial charge in [0.05, 0.1) is 7.11 Å². The fraction of sp³-hybridized carbons (Fsp3) is 0.238. The maximum atomic E-state index is 5.46. The smallest absolute Gasteiger partial charge is 0.127 e. The SMILES string of the molecule is COc1[c]c(-c2cccc3ccccc23)cc(CC(C)C)c1. The number of rotatable bonds is 4. The Hall–Kier alpha value is -2.28. The van der Waals surface area contributed by atoms with Crippen LogP contribution in [0.3, 0.4) is 0 Å². The molecule has 0 bridgehead atoms. The highest BCUT2D eigenvalue weighted by molar-refractivity contribution is 5.96. The Labute approximate surface area is 132 Å². The molecule has 1 radical (unpaired) electrons. The van der Waals surface area contributed by atoms with Gasteiger partial charge >= 0.3 is 0 Å². The Morgan fingerprint density at radius 2 is 1.77 bits per heavy atom. The van der Waals surface area contributed by atoms with E-state index in [0.29, 0.717) is 5.92 Å². The van der Waals surface area contributed by atoms with Gasteiger partial charge in [0.25, 0.3) is 0 Å². The number of ether oxygens (including phenoxy) is 1. The van der Waals surface area contributed by atoms with Gasteiger partial charge in [-0.3, -0.25) is 0 Å². The van der Waals surface area contributed by atoms with E-state index in [1.807, 2.05) is 0 Å². The van der Waals surface area contributed by atoms with E-state index in [4.69, 9.17) is 4.74 Å². The second kappa shape index (κ2) is 6.23. The molecule has 0 spiro atoms. The van der Waals surface area contributed by atoms with Crippen molar-refractivity contribution < 1.29 is 4.74 Å². The minimum atomic E-state index is 0.618. The van der Waals surface area contributed by atoms with Gasteiger partial charge in [-0.05, 0) is 45.9 Å². The van der Waals surface area contributed by atoms with Crippen molar-refractivity contribution in [1.82, 2.24) is 0 Å². The van der Waals surface area contributed by atoms with E-state index in [2.05, 4.69) is 74.5 Å². The van der Waals surface area contributed by atoms with Crippen LogP contribution in [0, 0.1) is 12.0 Å². The fourth-order valence-electron chi connectivity index (χ4n) is 2.90. The highest BCUT2D eigenvalue weighted by Gasteiger charge is 2.08. The first-order chi connectivity index (χ1) is 10.7. The highest BCUT2D eigenvalue weighted by atomic mass is 16.5. The lowest BCUT2D eigenvalue weighted by Gasteiger charge is -2.12. The van der Waals surface area contributed by atoms with Crippen molar-refractivity contribution >= 4 is 10.8 Å². The third-order valence-electron chi connectivity index (χ3n) is 3.85. The Balaban J connectivity index is 2.17. The summed E-state index contributed by atoms with van der Waals surface area (Å²) in [5, 5.41) is 2.51. The quantitative estimate of drug-likeness (QED) is 0.615. The van der Waals surface area contributed by atoms with Gasteiger partial charge in [-0.15, -0.1) is 0 Å². The van der Waals surface area contributed by atoms with Crippen LogP contribution < -0.4 is 4.74 Å². The fourth-order valence-corrected chi connectivity index (χ4v) is 2.90.